The van der Waals surface area contributed by atoms with Gasteiger partial charge in [0, 0.05) is 26.4 Å². The predicted molar refractivity (Wildman–Crippen MR) is 57.1 cm³/mol. The van der Waals surface area contributed by atoms with Gasteiger partial charge in [-0.2, -0.15) is 0 Å². The van der Waals surface area contributed by atoms with Gasteiger partial charge < -0.3 is 14.7 Å². The van der Waals surface area contributed by atoms with E-state index in [0.29, 0.717) is 19.7 Å². The molecule has 1 N–H and O–H groups in total. The monoisotopic (exact) mass is 222 g/mol. The molecule has 1 amide bonds. The number of fused-ring (bicyclic) bond motifs is 1. The summed E-state index contributed by atoms with van der Waals surface area (Å²) in [6, 6.07) is 1.92. The molecule has 86 valence electrons. The first-order valence-electron chi connectivity index (χ1n) is 5.14. The second kappa shape index (κ2) is 4.49. The number of amides is 1. The van der Waals surface area contributed by atoms with Crippen molar-refractivity contribution in [1.29, 1.82) is 0 Å². The molecule has 0 atom stereocenters. The molecule has 0 fully saturated rings. The zero-order valence-electron chi connectivity index (χ0n) is 9.14. The third kappa shape index (κ3) is 2.14. The number of methoxy groups -OCH3 is 1. The molecule has 1 aromatic rings. The summed E-state index contributed by atoms with van der Waals surface area (Å²) in [5, 5.41) is 8.92. The molecule has 5 nitrogen and oxygen atoms in total. The van der Waals surface area contributed by atoms with Gasteiger partial charge in [0.15, 0.2) is 0 Å². The lowest BCUT2D eigenvalue weighted by atomic mass is 10.0. The second-order valence-corrected chi connectivity index (χ2v) is 3.83. The number of hydrogen-bond donors (Lipinski definition) is 1. The molecular formula is C11H14N2O3. The van der Waals surface area contributed by atoms with Gasteiger partial charge in [0.1, 0.15) is 0 Å². The summed E-state index contributed by atoms with van der Waals surface area (Å²) in [6.45, 7) is 1.46. The number of ether oxygens (including phenoxy) is 1. The van der Waals surface area contributed by atoms with Crippen molar-refractivity contribution in [2.24, 2.45) is 0 Å². The van der Waals surface area contributed by atoms with Gasteiger partial charge in [0.2, 0.25) is 0 Å². The summed E-state index contributed by atoms with van der Waals surface area (Å²) in [5.74, 6) is 0. The third-order valence-electron chi connectivity index (χ3n) is 2.71. The van der Waals surface area contributed by atoms with Crippen molar-refractivity contribution in [3.8, 4) is 0 Å². The largest absolute Gasteiger partial charge is 0.465 e. The molecule has 0 saturated heterocycles. The molecule has 0 saturated carbocycles. The maximum Gasteiger partial charge on any atom is 0.407 e. The lowest BCUT2D eigenvalue weighted by Gasteiger charge is -2.26. The minimum atomic E-state index is -0.865. The maximum atomic E-state index is 10.9. The van der Waals surface area contributed by atoms with Gasteiger partial charge in [-0.1, -0.05) is 0 Å². The van der Waals surface area contributed by atoms with Gasteiger partial charge >= 0.3 is 6.09 Å². The van der Waals surface area contributed by atoms with Crippen molar-refractivity contribution in [2.45, 2.75) is 19.6 Å². The van der Waals surface area contributed by atoms with E-state index >= 15 is 0 Å². The van der Waals surface area contributed by atoms with E-state index in [-0.39, 0.29) is 0 Å². The van der Waals surface area contributed by atoms with E-state index in [1.54, 1.807) is 7.11 Å². The first kappa shape index (κ1) is 10.9. The smallest absolute Gasteiger partial charge is 0.407 e. The van der Waals surface area contributed by atoms with Crippen LogP contribution in [-0.4, -0.2) is 34.7 Å². The lowest BCUT2D eigenvalue weighted by molar-refractivity contribution is 0.139. The maximum absolute atomic E-state index is 10.9. The fourth-order valence-electron chi connectivity index (χ4n) is 1.88. The molecular weight excluding hydrogens is 208 g/mol. The molecule has 0 unspecified atom stereocenters. The highest BCUT2D eigenvalue weighted by Crippen LogP contribution is 2.19. The molecule has 1 aliphatic heterocycles. The molecule has 1 aliphatic rings. The van der Waals surface area contributed by atoms with Crippen molar-refractivity contribution in [2.75, 3.05) is 13.7 Å². The van der Waals surface area contributed by atoms with Crippen molar-refractivity contribution in [3.63, 3.8) is 0 Å². The Kier molecular flexibility index (Phi) is 3.05. The van der Waals surface area contributed by atoms with Crippen LogP contribution >= 0.6 is 0 Å². The predicted octanol–water partition coefficient (Wildman–Crippen LogP) is 1.26. The Morgan fingerprint density at radius 1 is 1.62 bits per heavy atom. The lowest BCUT2D eigenvalue weighted by Crippen LogP contribution is -2.34. The summed E-state index contributed by atoms with van der Waals surface area (Å²) < 4.78 is 5.00. The molecule has 1 aromatic heterocycles. The van der Waals surface area contributed by atoms with E-state index < -0.39 is 6.09 Å². The Bertz CT molecular complexity index is 406. The standard InChI is InChI=1S/C11H14N2O3/c1-16-7-10-4-9-6-13(11(14)15)3-2-8(9)5-12-10/h4-5H,2-3,6-7H2,1H3,(H,14,15). The fraction of sp³-hybridized carbons (Fsp3) is 0.455. The van der Waals surface area contributed by atoms with Crippen molar-refractivity contribution < 1.29 is 14.6 Å². The van der Waals surface area contributed by atoms with E-state index in [2.05, 4.69) is 4.98 Å². The van der Waals surface area contributed by atoms with E-state index in [1.807, 2.05) is 12.3 Å². The first-order chi connectivity index (χ1) is 7.70. The molecule has 0 spiro atoms. The van der Waals surface area contributed by atoms with Crippen LogP contribution in [0.3, 0.4) is 0 Å². The van der Waals surface area contributed by atoms with Crippen LogP contribution in [0.2, 0.25) is 0 Å². The number of rotatable bonds is 2. The Balaban J connectivity index is 2.21. The number of carboxylic acid groups (broad SMARTS) is 1. The molecule has 2 rings (SSSR count). The van der Waals surface area contributed by atoms with Crippen LogP contribution in [0.4, 0.5) is 4.79 Å². The number of aromatic nitrogens is 1. The van der Waals surface area contributed by atoms with Crippen LogP contribution in [0, 0.1) is 0 Å². The summed E-state index contributed by atoms with van der Waals surface area (Å²) in [6.07, 6.45) is 1.70. The number of hydrogen-bond acceptors (Lipinski definition) is 3. The molecule has 2 heterocycles. The number of carbonyl (C=O) groups is 1. The van der Waals surface area contributed by atoms with Gasteiger partial charge in [-0.25, -0.2) is 4.79 Å². The Hall–Kier alpha value is -1.62. The second-order valence-electron chi connectivity index (χ2n) is 3.83. The highest BCUT2D eigenvalue weighted by atomic mass is 16.5. The van der Waals surface area contributed by atoms with Gasteiger partial charge in [0.05, 0.1) is 12.3 Å². The van der Waals surface area contributed by atoms with Crippen molar-refractivity contribution >= 4 is 6.09 Å². The van der Waals surface area contributed by atoms with Gasteiger partial charge in [-0.05, 0) is 23.6 Å². The van der Waals surface area contributed by atoms with E-state index in [4.69, 9.17) is 9.84 Å². The SMILES string of the molecule is COCc1cc2c(cn1)CCN(C(=O)O)C2. The summed E-state index contributed by atoms with van der Waals surface area (Å²) in [4.78, 5) is 16.5. The summed E-state index contributed by atoms with van der Waals surface area (Å²) in [7, 11) is 1.62. The number of pyridine rings is 1. The zero-order chi connectivity index (χ0) is 11.5. The normalized spacial score (nSPS) is 14.7. The van der Waals surface area contributed by atoms with E-state index in [0.717, 1.165) is 23.2 Å². The average molecular weight is 222 g/mol. The molecule has 0 radical (unpaired) electrons. The average Bonchev–Trinajstić information content (AvgIpc) is 2.28. The Morgan fingerprint density at radius 2 is 2.44 bits per heavy atom. The van der Waals surface area contributed by atoms with Crippen LogP contribution in [0.5, 0.6) is 0 Å². The van der Waals surface area contributed by atoms with E-state index in [9.17, 15) is 4.79 Å². The Morgan fingerprint density at radius 3 is 3.12 bits per heavy atom. The van der Waals surface area contributed by atoms with Gasteiger partial charge in [0.25, 0.3) is 0 Å². The quantitative estimate of drug-likeness (QED) is 0.818. The first-order valence-corrected chi connectivity index (χ1v) is 5.14. The minimum Gasteiger partial charge on any atom is -0.465 e. The zero-order valence-corrected chi connectivity index (χ0v) is 9.14. The minimum absolute atomic E-state index is 0.448. The summed E-state index contributed by atoms with van der Waals surface area (Å²) in [5.41, 5.74) is 3.02. The van der Waals surface area contributed by atoms with E-state index in [1.165, 1.54) is 4.90 Å². The fourth-order valence-corrected chi connectivity index (χ4v) is 1.88. The van der Waals surface area contributed by atoms with Crippen LogP contribution in [0.15, 0.2) is 12.3 Å². The van der Waals surface area contributed by atoms with Crippen LogP contribution < -0.4 is 0 Å². The topological polar surface area (TPSA) is 62.7 Å². The molecule has 0 aromatic carbocycles. The Labute approximate surface area is 93.7 Å². The highest BCUT2D eigenvalue weighted by Gasteiger charge is 2.20. The highest BCUT2D eigenvalue weighted by molar-refractivity contribution is 5.65. The van der Waals surface area contributed by atoms with Gasteiger partial charge in [-0.15, -0.1) is 0 Å². The molecule has 0 bridgehead atoms. The van der Waals surface area contributed by atoms with Crippen LogP contribution in [0.25, 0.3) is 0 Å². The molecule has 16 heavy (non-hydrogen) atoms. The van der Waals surface area contributed by atoms with Crippen molar-refractivity contribution in [1.82, 2.24) is 9.88 Å². The summed E-state index contributed by atoms with van der Waals surface area (Å²) >= 11 is 0. The number of nitrogens with zero attached hydrogens (tertiary/aromatic N) is 2. The van der Waals surface area contributed by atoms with Crippen LogP contribution in [-0.2, 0) is 24.3 Å². The van der Waals surface area contributed by atoms with Crippen LogP contribution in [0.1, 0.15) is 16.8 Å². The molecule has 0 aliphatic carbocycles. The van der Waals surface area contributed by atoms with Gasteiger partial charge in [-0.3, -0.25) is 4.98 Å². The third-order valence-corrected chi connectivity index (χ3v) is 2.71. The molecule has 5 heteroatoms. The van der Waals surface area contributed by atoms with Crippen molar-refractivity contribution in [3.05, 3.63) is 29.1 Å².